The lowest BCUT2D eigenvalue weighted by molar-refractivity contribution is -0.395. The van der Waals surface area contributed by atoms with Crippen LogP contribution in [0.15, 0.2) is 30.3 Å². The zero-order valence-corrected chi connectivity index (χ0v) is 15.2. The Morgan fingerprint density at radius 3 is 2.33 bits per heavy atom. The van der Waals surface area contributed by atoms with E-state index in [1.165, 1.54) is 18.3 Å². The van der Waals surface area contributed by atoms with Crippen LogP contribution >= 0.6 is 11.3 Å². The summed E-state index contributed by atoms with van der Waals surface area (Å²) in [5.74, 6) is -0.698. The van der Waals surface area contributed by atoms with Crippen molar-refractivity contribution in [1.29, 1.82) is 0 Å². The minimum Gasteiger partial charge on any atom is -0.298 e. The predicted octanol–water partition coefficient (Wildman–Crippen LogP) is 4.24. The number of aryl methyl sites for hydroxylation is 1. The first-order chi connectivity index (χ1) is 12.8. The number of nitrogens with one attached hydrogen (secondary N) is 1. The van der Waals surface area contributed by atoms with Gasteiger partial charge in [0.05, 0.1) is 25.6 Å². The van der Waals surface area contributed by atoms with Crippen molar-refractivity contribution in [1.82, 2.24) is 4.98 Å². The molecule has 0 aliphatic rings. The second kappa shape index (κ2) is 7.08. The Hall–Kier alpha value is -3.40. The van der Waals surface area contributed by atoms with Gasteiger partial charge in [-0.05, 0) is 31.0 Å². The topological polar surface area (TPSA) is 128 Å². The van der Waals surface area contributed by atoms with Crippen LogP contribution in [0.5, 0.6) is 0 Å². The van der Waals surface area contributed by atoms with E-state index in [0.717, 1.165) is 28.8 Å². The summed E-state index contributed by atoms with van der Waals surface area (Å²) in [6, 6.07) is 7.83. The van der Waals surface area contributed by atoms with Crippen molar-refractivity contribution in [3.63, 3.8) is 0 Å². The summed E-state index contributed by atoms with van der Waals surface area (Å²) in [7, 11) is 0. The van der Waals surface area contributed by atoms with Crippen LogP contribution in [0.4, 0.5) is 16.5 Å². The second-order valence-electron chi connectivity index (χ2n) is 5.78. The Morgan fingerprint density at radius 2 is 1.78 bits per heavy atom. The lowest BCUT2D eigenvalue weighted by Gasteiger charge is -2.04. The molecule has 0 radical (unpaired) electrons. The highest BCUT2D eigenvalue weighted by Gasteiger charge is 2.25. The summed E-state index contributed by atoms with van der Waals surface area (Å²) < 4.78 is 0.894. The highest BCUT2D eigenvalue weighted by molar-refractivity contribution is 7.22. The van der Waals surface area contributed by atoms with Gasteiger partial charge >= 0.3 is 0 Å². The molecule has 27 heavy (non-hydrogen) atoms. The highest BCUT2D eigenvalue weighted by atomic mass is 32.1. The number of thiazole rings is 1. The number of nitro benzene ring substituents is 2. The number of aromatic nitrogens is 1. The van der Waals surface area contributed by atoms with Gasteiger partial charge in [0.1, 0.15) is 5.56 Å². The zero-order valence-electron chi connectivity index (χ0n) is 14.4. The highest BCUT2D eigenvalue weighted by Crippen LogP contribution is 2.31. The molecule has 1 heterocycles. The standard InChI is InChI=1S/C17H14N4O5S/c1-3-10-4-5-12-15(6-10)27-17(18-12)19-16(22)11-7-13(20(23)24)9(2)14(8-11)21(25)26/h4-8H,3H2,1-2H3,(H,18,19,22). The van der Waals surface area contributed by atoms with Gasteiger partial charge in [0.2, 0.25) is 0 Å². The van der Waals surface area contributed by atoms with Gasteiger partial charge < -0.3 is 0 Å². The van der Waals surface area contributed by atoms with Gasteiger partial charge in [0.25, 0.3) is 17.3 Å². The van der Waals surface area contributed by atoms with Crippen molar-refractivity contribution < 1.29 is 14.6 Å². The first-order valence-corrected chi connectivity index (χ1v) is 8.76. The first-order valence-electron chi connectivity index (χ1n) is 7.94. The first kappa shape index (κ1) is 18.4. The van der Waals surface area contributed by atoms with Gasteiger partial charge in [-0.1, -0.05) is 24.3 Å². The lowest BCUT2D eigenvalue weighted by atomic mass is 10.1. The van der Waals surface area contributed by atoms with Gasteiger partial charge in [-0.3, -0.25) is 30.3 Å². The summed E-state index contributed by atoms with van der Waals surface area (Å²) in [4.78, 5) is 37.6. The normalized spacial score (nSPS) is 10.7. The number of rotatable bonds is 5. The molecule has 0 aliphatic carbocycles. The van der Waals surface area contributed by atoms with E-state index in [0.29, 0.717) is 10.6 Å². The quantitative estimate of drug-likeness (QED) is 0.516. The molecule has 1 amide bonds. The van der Waals surface area contributed by atoms with E-state index in [4.69, 9.17) is 0 Å². The molecule has 0 saturated heterocycles. The average Bonchev–Trinajstić information content (AvgIpc) is 3.02. The van der Waals surface area contributed by atoms with E-state index in [9.17, 15) is 25.0 Å². The number of anilines is 1. The minimum atomic E-state index is -0.747. The third-order valence-electron chi connectivity index (χ3n) is 4.09. The van der Waals surface area contributed by atoms with Gasteiger partial charge in [0.15, 0.2) is 5.13 Å². The van der Waals surface area contributed by atoms with E-state index in [1.54, 1.807) is 0 Å². The number of benzene rings is 2. The molecule has 9 nitrogen and oxygen atoms in total. The van der Waals surface area contributed by atoms with Crippen LogP contribution in [0.25, 0.3) is 10.2 Å². The third-order valence-corrected chi connectivity index (χ3v) is 5.02. The molecule has 138 valence electrons. The Bertz CT molecular complexity index is 1060. The number of hydrogen-bond donors (Lipinski definition) is 1. The van der Waals surface area contributed by atoms with E-state index < -0.39 is 27.1 Å². The molecule has 2 aromatic carbocycles. The molecule has 0 unspecified atom stereocenters. The fourth-order valence-electron chi connectivity index (χ4n) is 2.61. The SMILES string of the molecule is CCc1ccc2nc(NC(=O)c3cc([N+](=O)[O-])c(C)c([N+](=O)[O-])c3)sc2c1. The van der Waals surface area contributed by atoms with E-state index >= 15 is 0 Å². The van der Waals surface area contributed by atoms with E-state index in [1.807, 2.05) is 25.1 Å². The van der Waals surface area contributed by atoms with Crippen LogP contribution in [0, 0.1) is 27.2 Å². The predicted molar refractivity (Wildman–Crippen MR) is 101 cm³/mol. The molecule has 0 fully saturated rings. The minimum absolute atomic E-state index is 0.103. The smallest absolute Gasteiger partial charge is 0.279 e. The number of nitrogens with zero attached hydrogens (tertiary/aromatic N) is 3. The van der Waals surface area contributed by atoms with Crippen LogP contribution < -0.4 is 5.32 Å². The second-order valence-corrected chi connectivity index (χ2v) is 6.81. The lowest BCUT2D eigenvalue weighted by Crippen LogP contribution is -2.13. The molecule has 0 aliphatic heterocycles. The fraction of sp³-hybridized carbons (Fsp3) is 0.176. The Kier molecular flexibility index (Phi) is 4.82. The molecular weight excluding hydrogens is 372 g/mol. The van der Waals surface area contributed by atoms with Crippen molar-refractivity contribution in [3.8, 4) is 0 Å². The molecule has 0 saturated carbocycles. The number of carbonyl (C=O) groups excluding carboxylic acids is 1. The van der Waals surface area contributed by atoms with Crippen molar-refractivity contribution >= 4 is 44.0 Å². The zero-order chi connectivity index (χ0) is 19.7. The van der Waals surface area contributed by atoms with Crippen LogP contribution in [0.2, 0.25) is 0 Å². The van der Waals surface area contributed by atoms with Crippen molar-refractivity contribution in [2.45, 2.75) is 20.3 Å². The summed E-state index contributed by atoms with van der Waals surface area (Å²) >= 11 is 1.26. The Labute approximate surface area is 157 Å². The number of fused-ring (bicyclic) bond motifs is 1. The number of hydrogen-bond acceptors (Lipinski definition) is 7. The van der Waals surface area contributed by atoms with Crippen LogP contribution in [-0.2, 0) is 6.42 Å². The summed E-state index contributed by atoms with van der Waals surface area (Å²) in [5, 5.41) is 25.2. The molecular formula is C17H14N4O5S. The maximum atomic E-state index is 12.5. The Balaban J connectivity index is 1.96. The van der Waals surface area contributed by atoms with Crippen molar-refractivity contribution in [3.05, 3.63) is 67.3 Å². The van der Waals surface area contributed by atoms with Gasteiger partial charge in [0, 0.05) is 12.1 Å². The molecule has 1 aromatic heterocycles. The number of nitro groups is 2. The molecule has 3 rings (SSSR count). The van der Waals surface area contributed by atoms with Gasteiger partial charge in [-0.15, -0.1) is 0 Å². The fourth-order valence-corrected chi connectivity index (χ4v) is 3.53. The largest absolute Gasteiger partial charge is 0.298 e. The monoisotopic (exact) mass is 386 g/mol. The van der Waals surface area contributed by atoms with Gasteiger partial charge in [-0.25, -0.2) is 4.98 Å². The average molecular weight is 386 g/mol. The van der Waals surface area contributed by atoms with Gasteiger partial charge in [-0.2, -0.15) is 0 Å². The third kappa shape index (κ3) is 3.60. The maximum Gasteiger partial charge on any atom is 0.279 e. The van der Waals surface area contributed by atoms with E-state index in [-0.39, 0.29) is 11.1 Å². The van der Waals surface area contributed by atoms with Crippen LogP contribution in [-0.4, -0.2) is 20.7 Å². The summed E-state index contributed by atoms with van der Waals surface area (Å²) in [6.45, 7) is 3.30. The Morgan fingerprint density at radius 1 is 1.15 bits per heavy atom. The van der Waals surface area contributed by atoms with Crippen LogP contribution in [0.3, 0.4) is 0 Å². The molecule has 0 spiro atoms. The van der Waals surface area contributed by atoms with Crippen LogP contribution in [0.1, 0.15) is 28.4 Å². The number of amides is 1. The maximum absolute atomic E-state index is 12.5. The molecule has 1 N–H and O–H groups in total. The molecule has 0 atom stereocenters. The summed E-state index contributed by atoms with van der Waals surface area (Å²) in [6.07, 6.45) is 0.867. The molecule has 10 heteroatoms. The summed E-state index contributed by atoms with van der Waals surface area (Å²) in [5.41, 5.74) is 0.612. The molecule has 3 aromatic rings. The van der Waals surface area contributed by atoms with Crippen molar-refractivity contribution in [2.75, 3.05) is 5.32 Å². The molecule has 0 bridgehead atoms. The van der Waals surface area contributed by atoms with E-state index in [2.05, 4.69) is 10.3 Å². The van der Waals surface area contributed by atoms with Crippen molar-refractivity contribution in [2.24, 2.45) is 0 Å². The number of carbonyl (C=O) groups is 1.